The molecule has 0 saturated carbocycles. The second-order valence-corrected chi connectivity index (χ2v) is 4.30. The fourth-order valence-electron chi connectivity index (χ4n) is 1.39. The highest BCUT2D eigenvalue weighted by Gasteiger charge is 2.04. The van der Waals surface area contributed by atoms with Crippen molar-refractivity contribution >= 4 is 12.0 Å². The lowest BCUT2D eigenvalue weighted by Gasteiger charge is -2.11. The summed E-state index contributed by atoms with van der Waals surface area (Å²) in [5, 5.41) is 19.4. The van der Waals surface area contributed by atoms with Crippen LogP contribution in [0.1, 0.15) is 5.56 Å². The highest BCUT2D eigenvalue weighted by Crippen LogP contribution is 2.20. The number of nitrogens with zero attached hydrogens (tertiary/aromatic N) is 1. The second kappa shape index (κ2) is 7.19. The third kappa shape index (κ3) is 4.82. The minimum Gasteiger partial charge on any atom is -0.544 e. The van der Waals surface area contributed by atoms with Crippen LogP contribution in [-0.4, -0.2) is 33.2 Å². The minimum atomic E-state index is -1.49. The summed E-state index contributed by atoms with van der Waals surface area (Å²) in [6.45, 7) is 1.34. The van der Waals surface area contributed by atoms with Gasteiger partial charge in [0.2, 0.25) is 0 Å². The van der Waals surface area contributed by atoms with Crippen molar-refractivity contribution in [2.24, 2.45) is 0 Å². The zero-order chi connectivity index (χ0) is 14.3. The number of aliphatic carboxylic acids is 1. The molecule has 0 aromatic heterocycles. The van der Waals surface area contributed by atoms with Gasteiger partial charge in [-0.05, 0) is 12.1 Å². The molecule has 1 aromatic carbocycles. The number of rotatable bonds is 6. The summed E-state index contributed by atoms with van der Waals surface area (Å²) < 4.78 is 5.58. The molecular weight excluding hydrogens is 244 g/mol. The predicted molar refractivity (Wildman–Crippen MR) is 68.2 cm³/mol. The van der Waals surface area contributed by atoms with Gasteiger partial charge in [-0.15, -0.1) is 0 Å². The number of carbonyl (C=O) groups is 1. The van der Waals surface area contributed by atoms with Crippen LogP contribution in [0.25, 0.3) is 6.08 Å². The van der Waals surface area contributed by atoms with E-state index in [0.717, 1.165) is 6.54 Å². The number of nitriles is 1. The van der Waals surface area contributed by atoms with Gasteiger partial charge in [-0.3, -0.25) is 0 Å². The Hall–Kier alpha value is -2.32. The lowest BCUT2D eigenvalue weighted by atomic mass is 10.1. The topological polar surface area (TPSA) is 77.6 Å². The van der Waals surface area contributed by atoms with Gasteiger partial charge in [0, 0.05) is 5.56 Å². The monoisotopic (exact) mass is 260 g/mol. The van der Waals surface area contributed by atoms with Crippen LogP contribution in [0.5, 0.6) is 5.75 Å². The lowest BCUT2D eigenvalue weighted by molar-refractivity contribution is -0.858. The van der Waals surface area contributed by atoms with Crippen molar-refractivity contribution in [2.75, 3.05) is 27.2 Å². The van der Waals surface area contributed by atoms with E-state index < -0.39 is 11.5 Å². The Kier molecular flexibility index (Phi) is 5.58. The molecule has 100 valence electrons. The summed E-state index contributed by atoms with van der Waals surface area (Å²) in [5.41, 5.74) is 0.131. The van der Waals surface area contributed by atoms with Crippen molar-refractivity contribution in [1.82, 2.24) is 0 Å². The van der Waals surface area contributed by atoms with Gasteiger partial charge in [0.1, 0.15) is 25.0 Å². The first-order valence-electron chi connectivity index (χ1n) is 5.88. The number of carbonyl (C=O) groups excluding carboxylic acids is 1. The molecule has 1 N–H and O–H groups in total. The first-order chi connectivity index (χ1) is 9.04. The van der Waals surface area contributed by atoms with E-state index in [9.17, 15) is 9.90 Å². The number of likely N-dealkylation sites (N-methyl/N-ethyl adjacent to an activating group) is 1. The summed E-state index contributed by atoms with van der Waals surface area (Å²) >= 11 is 0. The molecule has 0 saturated heterocycles. The summed E-state index contributed by atoms with van der Waals surface area (Å²) in [6, 6.07) is 8.56. The molecule has 5 heteroatoms. The maximum absolute atomic E-state index is 10.7. The van der Waals surface area contributed by atoms with Crippen molar-refractivity contribution in [3.63, 3.8) is 0 Å². The number of nitrogens with one attached hydrogen (secondary N) is 1. The van der Waals surface area contributed by atoms with Crippen LogP contribution in [0.2, 0.25) is 0 Å². The Morgan fingerprint density at radius 1 is 1.47 bits per heavy atom. The van der Waals surface area contributed by atoms with Crippen LogP contribution >= 0.6 is 0 Å². The molecule has 0 unspecified atom stereocenters. The maximum Gasteiger partial charge on any atom is 0.137 e. The largest absolute Gasteiger partial charge is 0.544 e. The number of quaternary nitrogens is 1. The van der Waals surface area contributed by atoms with E-state index in [1.165, 1.54) is 11.0 Å². The van der Waals surface area contributed by atoms with Gasteiger partial charge < -0.3 is 19.5 Å². The zero-order valence-electron chi connectivity index (χ0n) is 11.0. The number of carboxylic acid groups (broad SMARTS) is 1. The van der Waals surface area contributed by atoms with Gasteiger partial charge in [-0.1, -0.05) is 18.2 Å². The number of hydrogen-bond donors (Lipinski definition) is 1. The molecule has 0 fully saturated rings. The Morgan fingerprint density at radius 2 is 2.16 bits per heavy atom. The molecule has 1 rings (SSSR count). The summed E-state index contributed by atoms with van der Waals surface area (Å²) in [7, 11) is 4.03. The van der Waals surface area contributed by atoms with Crippen molar-refractivity contribution < 1.29 is 19.5 Å². The Morgan fingerprint density at radius 3 is 2.74 bits per heavy atom. The molecule has 0 atom stereocenters. The van der Waals surface area contributed by atoms with Gasteiger partial charge in [-0.25, -0.2) is 0 Å². The molecule has 0 aliphatic rings. The number of hydrogen-bond acceptors (Lipinski definition) is 4. The quantitative estimate of drug-likeness (QED) is 0.518. The Bertz CT molecular complexity index is 516. The van der Waals surface area contributed by atoms with Crippen molar-refractivity contribution in [3.05, 3.63) is 35.4 Å². The van der Waals surface area contributed by atoms with Gasteiger partial charge >= 0.3 is 0 Å². The van der Waals surface area contributed by atoms with Crippen molar-refractivity contribution in [2.45, 2.75) is 0 Å². The van der Waals surface area contributed by atoms with Crippen LogP contribution in [0.4, 0.5) is 0 Å². The maximum atomic E-state index is 10.7. The van der Waals surface area contributed by atoms with Crippen LogP contribution in [-0.2, 0) is 4.79 Å². The molecule has 0 aliphatic carbocycles. The fourth-order valence-corrected chi connectivity index (χ4v) is 1.39. The normalized spacial score (nSPS) is 11.2. The average Bonchev–Trinajstić information content (AvgIpc) is 2.36. The molecule has 19 heavy (non-hydrogen) atoms. The van der Waals surface area contributed by atoms with Gasteiger partial charge in [0.25, 0.3) is 0 Å². The SMILES string of the molecule is C[NH+](C)CCOc1ccccc1/C=C(\C#N)C(=O)[O-]. The first-order valence-corrected chi connectivity index (χ1v) is 5.88. The van der Waals surface area contributed by atoms with Crippen LogP contribution < -0.4 is 14.7 Å². The molecule has 0 aliphatic heterocycles. The summed E-state index contributed by atoms with van der Waals surface area (Å²) in [4.78, 5) is 12.0. The van der Waals surface area contributed by atoms with Crippen LogP contribution in [0, 0.1) is 11.3 Å². The molecule has 1 aromatic rings. The Balaban J connectivity index is 2.90. The number of ether oxygens (including phenoxy) is 1. The smallest absolute Gasteiger partial charge is 0.137 e. The fraction of sp³-hybridized carbons (Fsp3) is 0.286. The van der Waals surface area contributed by atoms with Crippen LogP contribution in [0.15, 0.2) is 29.8 Å². The standard InChI is InChI=1S/C14H16N2O3/c1-16(2)7-8-19-13-6-4-3-5-11(13)9-12(10-15)14(17)18/h3-6,9H,7-8H2,1-2H3,(H,17,18)/b12-9+. The molecule has 0 amide bonds. The molecule has 0 bridgehead atoms. The van der Waals surface area contributed by atoms with E-state index in [1.54, 1.807) is 30.3 Å². The summed E-state index contributed by atoms with van der Waals surface area (Å²) in [6.07, 6.45) is 1.26. The Labute approximate surface area is 112 Å². The molecule has 0 radical (unpaired) electrons. The number of benzene rings is 1. The molecular formula is C14H16N2O3. The molecule has 0 spiro atoms. The molecule has 0 heterocycles. The van der Waals surface area contributed by atoms with E-state index in [4.69, 9.17) is 10.00 Å². The van der Waals surface area contributed by atoms with E-state index in [2.05, 4.69) is 0 Å². The van der Waals surface area contributed by atoms with E-state index in [1.807, 2.05) is 14.1 Å². The van der Waals surface area contributed by atoms with E-state index >= 15 is 0 Å². The van der Waals surface area contributed by atoms with Gasteiger partial charge in [0.15, 0.2) is 0 Å². The lowest BCUT2D eigenvalue weighted by Crippen LogP contribution is -3.06. The van der Waals surface area contributed by atoms with E-state index in [0.29, 0.717) is 17.9 Å². The minimum absolute atomic E-state index is 0.422. The number of carboxylic acids is 1. The predicted octanol–water partition coefficient (Wildman–Crippen LogP) is -1.13. The van der Waals surface area contributed by atoms with Gasteiger partial charge in [0.05, 0.1) is 25.6 Å². The van der Waals surface area contributed by atoms with Crippen LogP contribution in [0.3, 0.4) is 0 Å². The third-order valence-electron chi connectivity index (χ3n) is 2.42. The zero-order valence-corrected chi connectivity index (χ0v) is 11.0. The van der Waals surface area contributed by atoms with E-state index in [-0.39, 0.29) is 0 Å². The second-order valence-electron chi connectivity index (χ2n) is 4.30. The van der Waals surface area contributed by atoms with Gasteiger partial charge in [-0.2, -0.15) is 5.26 Å². The average molecular weight is 260 g/mol. The van der Waals surface area contributed by atoms with Crippen molar-refractivity contribution in [3.8, 4) is 11.8 Å². The highest BCUT2D eigenvalue weighted by atomic mass is 16.5. The third-order valence-corrected chi connectivity index (χ3v) is 2.42. The van der Waals surface area contributed by atoms with Crippen molar-refractivity contribution in [1.29, 1.82) is 5.26 Å². The molecule has 5 nitrogen and oxygen atoms in total. The highest BCUT2D eigenvalue weighted by molar-refractivity contribution is 5.95. The summed E-state index contributed by atoms with van der Waals surface area (Å²) in [5.74, 6) is -0.937. The number of para-hydroxylation sites is 1. The first kappa shape index (κ1) is 14.7.